The first-order chi connectivity index (χ1) is 8.66. The fourth-order valence-electron chi connectivity index (χ4n) is 1.46. The lowest BCUT2D eigenvalue weighted by Crippen LogP contribution is -2.47. The average molecular weight is 308 g/mol. The predicted molar refractivity (Wildman–Crippen MR) is 69.6 cm³/mol. The third-order valence-electron chi connectivity index (χ3n) is 2.54. The van der Waals surface area contributed by atoms with Gasteiger partial charge in [0, 0.05) is 5.02 Å². The number of carboxylic acid groups (broad SMARTS) is 1. The van der Waals surface area contributed by atoms with Crippen molar-refractivity contribution >= 4 is 27.6 Å². The van der Waals surface area contributed by atoms with Gasteiger partial charge >= 0.3 is 5.97 Å². The van der Waals surface area contributed by atoms with Crippen molar-refractivity contribution in [2.45, 2.75) is 30.9 Å². The molecule has 3 N–H and O–H groups in total. The van der Waals surface area contributed by atoms with Gasteiger partial charge in [0.25, 0.3) is 0 Å². The largest absolute Gasteiger partial charge is 0.480 e. The summed E-state index contributed by atoms with van der Waals surface area (Å²) in [4.78, 5) is 10.8. The summed E-state index contributed by atoms with van der Waals surface area (Å²) in [5.41, 5.74) is 0.311. The number of aliphatic carboxylic acids is 1. The molecule has 1 aromatic carbocycles. The van der Waals surface area contributed by atoms with Crippen LogP contribution in [0, 0.1) is 6.92 Å². The third-order valence-corrected chi connectivity index (χ3v) is 4.53. The van der Waals surface area contributed by atoms with E-state index >= 15 is 0 Å². The Bertz CT molecular complexity index is 585. The zero-order valence-electron chi connectivity index (χ0n) is 10.3. The second-order valence-corrected chi connectivity index (χ2v) is 6.13. The van der Waals surface area contributed by atoms with Gasteiger partial charge in [-0.2, -0.15) is 4.72 Å². The van der Waals surface area contributed by atoms with Crippen molar-refractivity contribution in [3.05, 3.63) is 28.8 Å². The predicted octanol–water partition coefficient (Wildman–Crippen LogP) is 0.761. The summed E-state index contributed by atoms with van der Waals surface area (Å²) in [6, 6.07) is 2.66. The molecule has 0 aliphatic rings. The number of rotatable bonds is 5. The maximum Gasteiger partial charge on any atom is 0.324 e. The Kier molecular flexibility index (Phi) is 4.92. The molecule has 0 spiro atoms. The minimum Gasteiger partial charge on any atom is -0.480 e. The fraction of sp³-hybridized carbons (Fsp3) is 0.364. The number of aliphatic hydroxyl groups is 1. The Balaban J connectivity index is 3.18. The number of carboxylic acids is 1. The zero-order valence-corrected chi connectivity index (χ0v) is 11.9. The normalized spacial score (nSPS) is 14.9. The van der Waals surface area contributed by atoms with Crippen molar-refractivity contribution in [2.75, 3.05) is 0 Å². The first kappa shape index (κ1) is 15.9. The smallest absolute Gasteiger partial charge is 0.324 e. The quantitative estimate of drug-likeness (QED) is 0.745. The van der Waals surface area contributed by atoms with E-state index in [0.29, 0.717) is 5.56 Å². The van der Waals surface area contributed by atoms with E-state index in [1.54, 1.807) is 0 Å². The van der Waals surface area contributed by atoms with Gasteiger partial charge < -0.3 is 10.2 Å². The van der Waals surface area contributed by atoms with E-state index in [4.69, 9.17) is 16.7 Å². The summed E-state index contributed by atoms with van der Waals surface area (Å²) in [5, 5.41) is 18.4. The third kappa shape index (κ3) is 3.66. The van der Waals surface area contributed by atoms with E-state index in [1.807, 2.05) is 4.72 Å². The molecular weight excluding hydrogens is 294 g/mol. The van der Waals surface area contributed by atoms with Crippen LogP contribution in [0.5, 0.6) is 0 Å². The van der Waals surface area contributed by atoms with Gasteiger partial charge in [-0.25, -0.2) is 8.42 Å². The molecule has 0 aliphatic heterocycles. The van der Waals surface area contributed by atoms with E-state index in [9.17, 15) is 18.3 Å². The Morgan fingerprint density at radius 1 is 1.42 bits per heavy atom. The summed E-state index contributed by atoms with van der Waals surface area (Å²) in [6.45, 7) is 2.70. The van der Waals surface area contributed by atoms with Crippen LogP contribution in [0.1, 0.15) is 12.5 Å². The number of halogens is 1. The van der Waals surface area contributed by atoms with Crippen molar-refractivity contribution in [1.82, 2.24) is 4.72 Å². The Hall–Kier alpha value is -1.15. The van der Waals surface area contributed by atoms with Crippen LogP contribution in [0.4, 0.5) is 0 Å². The van der Waals surface area contributed by atoms with E-state index in [2.05, 4.69) is 0 Å². The highest BCUT2D eigenvalue weighted by atomic mass is 35.5. The maximum absolute atomic E-state index is 12.1. The minimum absolute atomic E-state index is 0.119. The SMILES string of the molecule is Cc1c(Cl)cccc1S(=O)(=O)NC(C(=O)O)C(C)O. The number of benzene rings is 1. The van der Waals surface area contributed by atoms with Gasteiger partial charge in [-0.3, -0.25) is 4.79 Å². The number of hydrogen-bond acceptors (Lipinski definition) is 4. The van der Waals surface area contributed by atoms with Crippen molar-refractivity contribution in [3.8, 4) is 0 Å². The Morgan fingerprint density at radius 2 is 2.00 bits per heavy atom. The molecule has 19 heavy (non-hydrogen) atoms. The number of hydrogen-bond donors (Lipinski definition) is 3. The zero-order chi connectivity index (χ0) is 14.8. The molecule has 8 heteroatoms. The standard InChI is InChI=1S/C11H14ClNO5S/c1-6-8(12)4-3-5-9(6)19(17,18)13-10(7(2)14)11(15)16/h3-5,7,10,13-14H,1-2H3,(H,15,16). The van der Waals surface area contributed by atoms with Crippen molar-refractivity contribution in [1.29, 1.82) is 0 Å². The first-order valence-electron chi connectivity index (χ1n) is 5.35. The lowest BCUT2D eigenvalue weighted by molar-refractivity contribution is -0.141. The number of sulfonamides is 1. The summed E-state index contributed by atoms with van der Waals surface area (Å²) in [7, 11) is -4.08. The molecule has 0 fully saturated rings. The highest BCUT2D eigenvalue weighted by Crippen LogP contribution is 2.22. The monoisotopic (exact) mass is 307 g/mol. The van der Waals surface area contributed by atoms with Crippen molar-refractivity contribution < 1.29 is 23.4 Å². The summed E-state index contributed by atoms with van der Waals surface area (Å²) in [5.74, 6) is -1.46. The number of nitrogens with one attached hydrogen (secondary N) is 1. The van der Waals surface area contributed by atoms with Gasteiger partial charge in [-0.05, 0) is 31.5 Å². The number of aliphatic hydroxyl groups excluding tert-OH is 1. The van der Waals surface area contributed by atoms with Gasteiger partial charge in [-0.15, -0.1) is 0 Å². The van der Waals surface area contributed by atoms with Crippen LogP contribution >= 0.6 is 11.6 Å². The van der Waals surface area contributed by atoms with Crippen molar-refractivity contribution in [2.24, 2.45) is 0 Å². The number of carbonyl (C=O) groups is 1. The minimum atomic E-state index is -4.08. The molecule has 2 atom stereocenters. The highest BCUT2D eigenvalue weighted by molar-refractivity contribution is 7.89. The van der Waals surface area contributed by atoms with Gasteiger partial charge in [0.2, 0.25) is 10.0 Å². The molecule has 0 amide bonds. The van der Waals surface area contributed by atoms with E-state index in [0.717, 1.165) is 0 Å². The van der Waals surface area contributed by atoms with Crippen LogP contribution in [0.15, 0.2) is 23.1 Å². The van der Waals surface area contributed by atoms with Crippen LogP contribution in [0.2, 0.25) is 5.02 Å². The molecule has 0 aliphatic carbocycles. The van der Waals surface area contributed by atoms with Gasteiger partial charge in [-0.1, -0.05) is 17.7 Å². The van der Waals surface area contributed by atoms with E-state index < -0.39 is 28.1 Å². The first-order valence-corrected chi connectivity index (χ1v) is 7.21. The maximum atomic E-state index is 12.1. The highest BCUT2D eigenvalue weighted by Gasteiger charge is 2.30. The second-order valence-electron chi connectivity index (χ2n) is 4.04. The van der Waals surface area contributed by atoms with Crippen LogP contribution in [0.3, 0.4) is 0 Å². The lowest BCUT2D eigenvalue weighted by Gasteiger charge is -2.18. The van der Waals surface area contributed by atoms with Crippen LogP contribution in [0.25, 0.3) is 0 Å². The molecule has 0 radical (unpaired) electrons. The molecule has 1 aromatic rings. The lowest BCUT2D eigenvalue weighted by atomic mass is 10.2. The van der Waals surface area contributed by atoms with Crippen LogP contribution in [-0.2, 0) is 14.8 Å². The molecule has 0 bridgehead atoms. The molecule has 2 unspecified atom stereocenters. The Morgan fingerprint density at radius 3 is 2.47 bits per heavy atom. The van der Waals surface area contributed by atoms with Crippen LogP contribution < -0.4 is 4.72 Å². The van der Waals surface area contributed by atoms with E-state index in [1.165, 1.54) is 32.0 Å². The molecule has 1 rings (SSSR count). The van der Waals surface area contributed by atoms with E-state index in [-0.39, 0.29) is 9.92 Å². The summed E-state index contributed by atoms with van der Waals surface area (Å²) in [6.07, 6.45) is -1.37. The van der Waals surface area contributed by atoms with Gasteiger partial charge in [0.05, 0.1) is 11.0 Å². The van der Waals surface area contributed by atoms with Gasteiger partial charge in [0.15, 0.2) is 0 Å². The molecule has 0 saturated carbocycles. The van der Waals surface area contributed by atoms with Crippen LogP contribution in [-0.4, -0.2) is 36.7 Å². The van der Waals surface area contributed by atoms with Crippen molar-refractivity contribution in [3.63, 3.8) is 0 Å². The average Bonchev–Trinajstić information content (AvgIpc) is 2.28. The molecule has 0 aromatic heterocycles. The fourth-order valence-corrected chi connectivity index (χ4v) is 3.23. The Labute approximate surface area is 116 Å². The molecule has 0 saturated heterocycles. The molecule has 0 heterocycles. The summed E-state index contributed by atoms with van der Waals surface area (Å²) < 4.78 is 26.1. The molecule has 6 nitrogen and oxygen atoms in total. The topological polar surface area (TPSA) is 104 Å². The second kappa shape index (κ2) is 5.87. The molecule has 106 valence electrons. The van der Waals surface area contributed by atoms with Gasteiger partial charge in [0.1, 0.15) is 6.04 Å². The molecular formula is C11H14ClNO5S. The summed E-state index contributed by atoms with van der Waals surface area (Å²) >= 11 is 5.82.